The van der Waals surface area contributed by atoms with Gasteiger partial charge in [0, 0.05) is 31.7 Å². The van der Waals surface area contributed by atoms with Crippen LogP contribution < -0.4 is 0 Å². The Hall–Kier alpha value is -1.91. The van der Waals surface area contributed by atoms with Gasteiger partial charge in [-0.05, 0) is 50.5 Å². The summed E-state index contributed by atoms with van der Waals surface area (Å²) in [5.41, 5.74) is 3.67. The molecule has 5 heteroatoms. The highest BCUT2D eigenvalue weighted by atomic mass is 16.2. The zero-order valence-corrected chi connectivity index (χ0v) is 14.5. The molecule has 2 unspecified atom stereocenters. The number of hydrogen-bond donors (Lipinski definition) is 0. The Bertz CT molecular complexity index is 823. The van der Waals surface area contributed by atoms with Crippen LogP contribution in [0.5, 0.6) is 0 Å². The molecule has 1 aliphatic heterocycles. The molecule has 126 valence electrons. The molecular formula is C19H24N4O. The van der Waals surface area contributed by atoms with Crippen LogP contribution in [-0.2, 0) is 7.05 Å². The van der Waals surface area contributed by atoms with E-state index in [0.29, 0.717) is 5.92 Å². The summed E-state index contributed by atoms with van der Waals surface area (Å²) in [6, 6.07) is 2.06. The number of amides is 1. The second-order valence-corrected chi connectivity index (χ2v) is 7.94. The summed E-state index contributed by atoms with van der Waals surface area (Å²) >= 11 is 0. The predicted octanol–water partition coefficient (Wildman–Crippen LogP) is 3.03. The Morgan fingerprint density at radius 1 is 1.17 bits per heavy atom. The molecule has 0 aromatic carbocycles. The first kappa shape index (κ1) is 14.4. The molecule has 0 bridgehead atoms. The second-order valence-electron chi connectivity index (χ2n) is 7.94. The van der Waals surface area contributed by atoms with E-state index in [1.54, 1.807) is 0 Å². The number of hydrogen-bond acceptors (Lipinski definition) is 3. The van der Waals surface area contributed by atoms with Gasteiger partial charge in [-0.1, -0.05) is 6.42 Å². The minimum Gasteiger partial charge on any atom is -0.338 e. The van der Waals surface area contributed by atoms with Gasteiger partial charge in [0.25, 0.3) is 5.91 Å². The highest BCUT2D eigenvalue weighted by molar-refractivity contribution is 6.06. The Morgan fingerprint density at radius 2 is 1.88 bits per heavy atom. The normalized spacial score (nSPS) is 26.3. The molecule has 5 rings (SSSR count). The lowest BCUT2D eigenvalue weighted by Gasteiger charge is -2.18. The molecule has 0 spiro atoms. The molecule has 24 heavy (non-hydrogen) atoms. The van der Waals surface area contributed by atoms with Crippen LogP contribution in [0, 0.1) is 18.8 Å². The number of carbonyl (C=O) groups excluding carboxylic acids is 1. The highest BCUT2D eigenvalue weighted by Gasteiger charge is 2.39. The van der Waals surface area contributed by atoms with Crippen LogP contribution >= 0.6 is 0 Å². The molecule has 2 atom stereocenters. The lowest BCUT2D eigenvalue weighted by molar-refractivity contribution is 0.0782. The van der Waals surface area contributed by atoms with Crippen molar-refractivity contribution in [3.8, 4) is 0 Å². The average Bonchev–Trinajstić information content (AvgIpc) is 3.09. The Morgan fingerprint density at radius 3 is 2.54 bits per heavy atom. The first-order valence-electron chi connectivity index (χ1n) is 9.25. The van der Waals surface area contributed by atoms with Gasteiger partial charge in [0.1, 0.15) is 0 Å². The van der Waals surface area contributed by atoms with Crippen LogP contribution in [0.25, 0.3) is 11.0 Å². The zero-order chi connectivity index (χ0) is 16.4. The van der Waals surface area contributed by atoms with Crippen molar-refractivity contribution in [3.05, 3.63) is 23.0 Å². The van der Waals surface area contributed by atoms with Gasteiger partial charge in [-0.2, -0.15) is 5.10 Å². The van der Waals surface area contributed by atoms with Crippen LogP contribution in [0.1, 0.15) is 59.8 Å². The van der Waals surface area contributed by atoms with E-state index in [1.807, 2.05) is 18.7 Å². The maximum absolute atomic E-state index is 13.3. The Kier molecular flexibility index (Phi) is 3.03. The van der Waals surface area contributed by atoms with Crippen molar-refractivity contribution in [1.29, 1.82) is 0 Å². The summed E-state index contributed by atoms with van der Waals surface area (Å²) in [7, 11) is 1.92. The zero-order valence-electron chi connectivity index (χ0n) is 14.5. The van der Waals surface area contributed by atoms with Crippen molar-refractivity contribution in [3.63, 3.8) is 0 Å². The summed E-state index contributed by atoms with van der Waals surface area (Å²) in [5, 5.41) is 5.47. The standard InChI is InChI=1S/C19H24N4O/c1-11-17-15(19(24)23-9-13-4-3-5-14(13)10-23)8-16(12-6-7-12)20-18(17)22(2)21-11/h8,12-14H,3-7,9-10H2,1-2H3. The van der Waals surface area contributed by atoms with Gasteiger partial charge in [0.05, 0.1) is 16.6 Å². The van der Waals surface area contributed by atoms with E-state index in [4.69, 9.17) is 4.98 Å². The smallest absolute Gasteiger partial charge is 0.254 e. The average molecular weight is 324 g/mol. The van der Waals surface area contributed by atoms with E-state index in [-0.39, 0.29) is 5.91 Å². The lowest BCUT2D eigenvalue weighted by Crippen LogP contribution is -2.30. The highest BCUT2D eigenvalue weighted by Crippen LogP contribution is 2.42. The molecule has 1 amide bonds. The fourth-order valence-electron chi connectivity index (χ4n) is 4.79. The molecule has 3 fully saturated rings. The van der Waals surface area contributed by atoms with E-state index >= 15 is 0 Å². The van der Waals surface area contributed by atoms with E-state index in [2.05, 4.69) is 16.1 Å². The van der Waals surface area contributed by atoms with Crippen molar-refractivity contribution in [2.24, 2.45) is 18.9 Å². The van der Waals surface area contributed by atoms with E-state index in [9.17, 15) is 4.79 Å². The van der Waals surface area contributed by atoms with Gasteiger partial charge in [-0.25, -0.2) is 4.98 Å². The minimum atomic E-state index is 0.190. The topological polar surface area (TPSA) is 51.0 Å². The summed E-state index contributed by atoms with van der Waals surface area (Å²) in [6.45, 7) is 3.85. The fraction of sp³-hybridized carbons (Fsp3) is 0.632. The first-order chi connectivity index (χ1) is 11.6. The summed E-state index contributed by atoms with van der Waals surface area (Å²) in [5.74, 6) is 2.18. The Balaban J connectivity index is 1.58. The first-order valence-corrected chi connectivity index (χ1v) is 9.25. The molecule has 5 nitrogen and oxygen atoms in total. The molecule has 2 saturated carbocycles. The van der Waals surface area contributed by atoms with Crippen molar-refractivity contribution >= 4 is 16.9 Å². The van der Waals surface area contributed by atoms with Crippen molar-refractivity contribution < 1.29 is 4.79 Å². The van der Waals surface area contributed by atoms with Crippen molar-refractivity contribution in [2.45, 2.75) is 44.9 Å². The predicted molar refractivity (Wildman–Crippen MR) is 92.0 cm³/mol. The third-order valence-corrected chi connectivity index (χ3v) is 6.23. The largest absolute Gasteiger partial charge is 0.338 e. The summed E-state index contributed by atoms with van der Waals surface area (Å²) < 4.78 is 1.83. The van der Waals surface area contributed by atoms with Crippen LogP contribution in [0.15, 0.2) is 6.07 Å². The SMILES string of the molecule is Cc1nn(C)c2nc(C3CC3)cc(C(=O)N3CC4CCCC4C3)c12. The van der Waals surface area contributed by atoms with Gasteiger partial charge < -0.3 is 4.90 Å². The van der Waals surface area contributed by atoms with Crippen LogP contribution in [0.4, 0.5) is 0 Å². The maximum Gasteiger partial charge on any atom is 0.254 e. The number of aromatic nitrogens is 3. The Labute approximate surface area is 142 Å². The quantitative estimate of drug-likeness (QED) is 0.853. The molecule has 3 aliphatic rings. The van der Waals surface area contributed by atoms with Crippen LogP contribution in [-0.4, -0.2) is 38.7 Å². The number of carbonyl (C=O) groups is 1. The molecule has 0 N–H and O–H groups in total. The molecule has 2 aromatic rings. The van der Waals surface area contributed by atoms with E-state index in [1.165, 1.54) is 32.1 Å². The molecule has 0 radical (unpaired) electrons. The third-order valence-electron chi connectivity index (χ3n) is 6.23. The maximum atomic E-state index is 13.3. The fourth-order valence-corrected chi connectivity index (χ4v) is 4.79. The molecule has 1 saturated heterocycles. The van der Waals surface area contributed by atoms with Gasteiger partial charge >= 0.3 is 0 Å². The van der Waals surface area contributed by atoms with Gasteiger partial charge in [0.15, 0.2) is 5.65 Å². The van der Waals surface area contributed by atoms with Gasteiger partial charge in [0.2, 0.25) is 0 Å². The summed E-state index contributed by atoms with van der Waals surface area (Å²) in [6.07, 6.45) is 6.30. The summed E-state index contributed by atoms with van der Waals surface area (Å²) in [4.78, 5) is 20.2. The van der Waals surface area contributed by atoms with Crippen molar-refractivity contribution in [1.82, 2.24) is 19.7 Å². The van der Waals surface area contributed by atoms with E-state index < -0.39 is 0 Å². The lowest BCUT2D eigenvalue weighted by atomic mass is 10.0. The molecule has 3 heterocycles. The number of fused-ring (bicyclic) bond motifs is 2. The monoisotopic (exact) mass is 324 g/mol. The number of likely N-dealkylation sites (tertiary alicyclic amines) is 1. The number of aryl methyl sites for hydroxylation is 2. The minimum absolute atomic E-state index is 0.190. The van der Waals surface area contributed by atoms with Crippen LogP contribution in [0.2, 0.25) is 0 Å². The molecular weight excluding hydrogens is 300 g/mol. The molecule has 2 aliphatic carbocycles. The third kappa shape index (κ3) is 2.10. The number of nitrogens with zero attached hydrogens (tertiary/aromatic N) is 4. The van der Waals surface area contributed by atoms with Crippen LogP contribution in [0.3, 0.4) is 0 Å². The van der Waals surface area contributed by atoms with Crippen molar-refractivity contribution in [2.75, 3.05) is 13.1 Å². The van der Waals surface area contributed by atoms with Gasteiger partial charge in [-0.3, -0.25) is 9.48 Å². The molecule has 2 aromatic heterocycles. The number of pyridine rings is 1. The van der Waals surface area contributed by atoms with Gasteiger partial charge in [-0.15, -0.1) is 0 Å². The second kappa shape index (κ2) is 5.04. The number of rotatable bonds is 2. The van der Waals surface area contributed by atoms with E-state index in [0.717, 1.165) is 52.9 Å².